The number of benzene rings is 2. The van der Waals surface area contributed by atoms with E-state index in [0.717, 1.165) is 39.1 Å². The van der Waals surface area contributed by atoms with E-state index in [1.165, 1.54) is 0 Å². The highest BCUT2D eigenvalue weighted by Crippen LogP contribution is 2.46. The fraction of sp³-hybridized carbons (Fsp3) is 0.130. The van der Waals surface area contributed by atoms with Crippen LogP contribution in [0.2, 0.25) is 0 Å². The molecule has 9 nitrogen and oxygen atoms in total. The van der Waals surface area contributed by atoms with E-state index in [0.29, 0.717) is 23.5 Å². The minimum atomic E-state index is -0.377. The molecule has 156 valence electrons. The Balaban J connectivity index is 1.64. The van der Waals surface area contributed by atoms with Crippen LogP contribution in [0.3, 0.4) is 0 Å². The molecule has 0 fully saturated rings. The molecule has 3 aromatic heterocycles. The highest BCUT2D eigenvalue weighted by molar-refractivity contribution is 5.99. The number of nitrogens with one attached hydrogen (secondary N) is 2. The first kappa shape index (κ1) is 18.4. The van der Waals surface area contributed by atoms with E-state index in [9.17, 15) is 0 Å². The monoisotopic (exact) mass is 423 g/mol. The number of hydrogen-bond acceptors (Lipinski definition) is 6. The Labute approximate surface area is 182 Å². The van der Waals surface area contributed by atoms with Gasteiger partial charge in [0.25, 0.3) is 0 Å². The summed E-state index contributed by atoms with van der Waals surface area (Å²) < 4.78 is 12.4. The summed E-state index contributed by atoms with van der Waals surface area (Å²) in [5, 5.41) is 19.8. The van der Waals surface area contributed by atoms with Crippen LogP contribution in [-0.2, 0) is 11.5 Å². The quantitative estimate of drug-likeness (QED) is 0.417. The van der Waals surface area contributed by atoms with Crippen molar-refractivity contribution in [1.82, 2.24) is 25.1 Å². The zero-order chi connectivity index (χ0) is 21.7. The van der Waals surface area contributed by atoms with Crippen LogP contribution in [-0.4, -0.2) is 32.2 Å². The average molecular weight is 423 g/mol. The third-order valence-corrected chi connectivity index (χ3v) is 5.83. The number of H-pyrrole nitrogens is 1. The van der Waals surface area contributed by atoms with Gasteiger partial charge in [-0.2, -0.15) is 5.10 Å². The van der Waals surface area contributed by atoms with Crippen molar-refractivity contribution in [3.63, 3.8) is 0 Å². The molecule has 32 heavy (non-hydrogen) atoms. The second kappa shape index (κ2) is 7.08. The zero-order valence-corrected chi connectivity index (χ0v) is 17.0. The smallest absolute Gasteiger partial charge is 0.200 e. The van der Waals surface area contributed by atoms with Gasteiger partial charge in [-0.1, -0.05) is 30.3 Å². The lowest BCUT2D eigenvalue weighted by atomic mass is 9.85. The molecule has 6 rings (SSSR count). The Kier molecular flexibility index (Phi) is 4.06. The predicted octanol–water partition coefficient (Wildman–Crippen LogP) is 4.35. The molecule has 4 heterocycles. The number of nitrogens with zero attached hydrogens (tertiary/aromatic N) is 5. The molecular formula is C23H17N7O2. The average Bonchev–Trinajstić information content (AvgIpc) is 3.56. The third kappa shape index (κ3) is 2.57. The number of allylic oxidation sites excluding steroid dienone is 1. The molecule has 0 aliphatic carbocycles. The number of para-hydroxylation sites is 1. The first-order chi connectivity index (χ1) is 15.8. The SMILES string of the molecule is [C-]#[N+]C1=C(c2cn(COC)c3ccccc23)Nc2[nH]ncc2C1c1cccc2nonc12. The second-order valence-corrected chi connectivity index (χ2v) is 7.56. The van der Waals surface area contributed by atoms with Gasteiger partial charge >= 0.3 is 0 Å². The highest BCUT2D eigenvalue weighted by atomic mass is 16.6. The largest absolute Gasteiger partial charge is 0.364 e. The normalized spacial score (nSPS) is 15.7. The van der Waals surface area contributed by atoms with Crippen LogP contribution in [0.5, 0.6) is 0 Å². The van der Waals surface area contributed by atoms with Crippen molar-refractivity contribution in [2.45, 2.75) is 12.6 Å². The maximum Gasteiger partial charge on any atom is 0.200 e. The van der Waals surface area contributed by atoms with Crippen molar-refractivity contribution in [2.75, 3.05) is 12.4 Å². The fourth-order valence-corrected chi connectivity index (χ4v) is 4.49. The van der Waals surface area contributed by atoms with Crippen molar-refractivity contribution in [2.24, 2.45) is 0 Å². The topological polar surface area (TPSA) is 98.2 Å². The molecule has 2 N–H and O–H groups in total. The van der Waals surface area contributed by atoms with Crippen LogP contribution in [0.15, 0.2) is 65.2 Å². The van der Waals surface area contributed by atoms with Gasteiger partial charge in [-0.05, 0) is 28.0 Å². The van der Waals surface area contributed by atoms with E-state index in [2.05, 4.69) is 30.7 Å². The molecule has 9 heteroatoms. The molecule has 0 bridgehead atoms. The van der Waals surface area contributed by atoms with Gasteiger partial charge in [-0.3, -0.25) is 5.10 Å². The number of rotatable bonds is 4. The summed E-state index contributed by atoms with van der Waals surface area (Å²) in [4.78, 5) is 4.00. The lowest BCUT2D eigenvalue weighted by molar-refractivity contribution is 0.135. The van der Waals surface area contributed by atoms with E-state index in [1.807, 2.05) is 53.2 Å². The van der Waals surface area contributed by atoms with Gasteiger partial charge in [0.1, 0.15) is 23.6 Å². The van der Waals surface area contributed by atoms with Gasteiger partial charge in [-0.15, -0.1) is 0 Å². The van der Waals surface area contributed by atoms with Crippen LogP contribution in [0.1, 0.15) is 22.6 Å². The lowest BCUT2D eigenvalue weighted by Crippen LogP contribution is -2.16. The maximum absolute atomic E-state index is 8.12. The maximum atomic E-state index is 8.12. The minimum Gasteiger partial charge on any atom is -0.364 e. The van der Waals surface area contributed by atoms with E-state index in [4.69, 9.17) is 15.9 Å². The Morgan fingerprint density at radius 1 is 1.16 bits per heavy atom. The first-order valence-electron chi connectivity index (χ1n) is 10.0. The van der Waals surface area contributed by atoms with Crippen molar-refractivity contribution < 1.29 is 9.37 Å². The summed E-state index contributed by atoms with van der Waals surface area (Å²) in [5.74, 6) is 0.368. The summed E-state index contributed by atoms with van der Waals surface area (Å²) >= 11 is 0. The lowest BCUT2D eigenvalue weighted by Gasteiger charge is -2.26. The van der Waals surface area contributed by atoms with Gasteiger partial charge in [0.15, 0.2) is 0 Å². The van der Waals surface area contributed by atoms with Crippen molar-refractivity contribution in [3.8, 4) is 0 Å². The van der Waals surface area contributed by atoms with Gasteiger partial charge < -0.3 is 14.6 Å². The van der Waals surface area contributed by atoms with Gasteiger partial charge in [0.05, 0.1) is 29.9 Å². The van der Waals surface area contributed by atoms with E-state index in [-0.39, 0.29) is 5.92 Å². The van der Waals surface area contributed by atoms with Crippen LogP contribution < -0.4 is 5.32 Å². The van der Waals surface area contributed by atoms with Gasteiger partial charge in [-0.25, -0.2) is 9.47 Å². The number of ether oxygens (including phenoxy) is 1. The Morgan fingerprint density at radius 3 is 2.94 bits per heavy atom. The Hall–Kier alpha value is -4.42. The molecule has 2 aromatic carbocycles. The summed E-state index contributed by atoms with van der Waals surface area (Å²) in [6.45, 7) is 8.53. The number of hydrogen-bond donors (Lipinski definition) is 2. The molecular weight excluding hydrogens is 406 g/mol. The summed E-state index contributed by atoms with van der Waals surface area (Å²) in [7, 11) is 1.66. The fourth-order valence-electron chi connectivity index (χ4n) is 4.49. The van der Waals surface area contributed by atoms with Crippen molar-refractivity contribution in [1.29, 1.82) is 0 Å². The number of fused-ring (bicyclic) bond motifs is 3. The second-order valence-electron chi connectivity index (χ2n) is 7.56. The standard InChI is InChI=1S/C23H17N7O2/c1-24-22-19(14-7-5-8-17-20(14)29-32-28-17)15-10-25-27-23(15)26-21(22)16-11-30(12-31-2)18-9-4-3-6-13(16)18/h3-11,19H,12H2,2H3,(H2,25,26,27). The zero-order valence-electron chi connectivity index (χ0n) is 17.0. The third-order valence-electron chi connectivity index (χ3n) is 5.83. The van der Waals surface area contributed by atoms with Crippen LogP contribution in [0.4, 0.5) is 5.82 Å². The molecule has 1 unspecified atom stereocenters. The van der Waals surface area contributed by atoms with Gasteiger partial charge in [0.2, 0.25) is 5.70 Å². The highest BCUT2D eigenvalue weighted by Gasteiger charge is 2.35. The van der Waals surface area contributed by atoms with Crippen LogP contribution >= 0.6 is 0 Å². The first-order valence-corrected chi connectivity index (χ1v) is 10.0. The number of methoxy groups -OCH3 is 1. The predicted molar refractivity (Wildman–Crippen MR) is 118 cm³/mol. The van der Waals surface area contributed by atoms with Crippen LogP contribution in [0.25, 0.3) is 32.5 Å². The van der Waals surface area contributed by atoms with Crippen molar-refractivity contribution >= 4 is 33.5 Å². The molecule has 0 spiro atoms. The van der Waals surface area contributed by atoms with E-state index < -0.39 is 0 Å². The van der Waals surface area contributed by atoms with E-state index in [1.54, 1.807) is 13.3 Å². The number of aromatic nitrogens is 5. The summed E-state index contributed by atoms with van der Waals surface area (Å²) in [5.41, 5.74) is 6.21. The Bertz CT molecular complexity index is 1550. The van der Waals surface area contributed by atoms with Gasteiger partial charge in [0, 0.05) is 29.8 Å². The molecule has 1 atom stereocenters. The molecule has 1 aliphatic heterocycles. The van der Waals surface area contributed by atoms with E-state index >= 15 is 0 Å². The molecule has 5 aromatic rings. The summed E-state index contributed by atoms with van der Waals surface area (Å²) in [6.07, 6.45) is 3.76. The summed E-state index contributed by atoms with van der Waals surface area (Å²) in [6, 6.07) is 13.8. The van der Waals surface area contributed by atoms with Crippen molar-refractivity contribution in [3.05, 3.63) is 88.7 Å². The Morgan fingerprint density at radius 2 is 2.06 bits per heavy atom. The molecule has 0 radical (unpaired) electrons. The van der Waals surface area contributed by atoms with Crippen LogP contribution in [0, 0.1) is 6.57 Å². The molecule has 1 aliphatic rings. The molecule has 0 amide bonds. The molecule has 0 saturated heterocycles. The number of aromatic amines is 1. The number of anilines is 1. The minimum absolute atomic E-state index is 0.377. The molecule has 0 saturated carbocycles.